The minimum Gasteiger partial charge on any atom is -0.456 e. The lowest BCUT2D eigenvalue weighted by Crippen LogP contribution is -1.95. The van der Waals surface area contributed by atoms with Crippen LogP contribution in [0.3, 0.4) is 0 Å². The zero-order valence-electron chi connectivity index (χ0n) is 11.1. The average molecular weight is 266 g/mol. The van der Waals surface area contributed by atoms with Gasteiger partial charge in [0.1, 0.15) is 11.5 Å². The number of aliphatic hydroxyl groups is 1. The molecule has 0 fully saturated rings. The van der Waals surface area contributed by atoms with Gasteiger partial charge in [0.25, 0.3) is 0 Å². The number of ether oxygens (including phenoxy) is 1. The van der Waals surface area contributed by atoms with E-state index in [0.29, 0.717) is 11.3 Å². The average Bonchev–Trinajstić information content (AvgIpc) is 2.48. The molecule has 0 atom stereocenters. The topological polar surface area (TPSA) is 55.2 Å². The van der Waals surface area contributed by atoms with Gasteiger partial charge in [0.15, 0.2) is 0 Å². The van der Waals surface area contributed by atoms with Crippen LogP contribution >= 0.6 is 0 Å². The van der Waals surface area contributed by atoms with Crippen LogP contribution in [0.15, 0.2) is 48.8 Å². The Morgan fingerprint density at radius 2 is 2.00 bits per heavy atom. The molecular formula is C16H14N2O2. The molecule has 0 aliphatic carbocycles. The van der Waals surface area contributed by atoms with Crippen molar-refractivity contribution in [3.8, 4) is 11.5 Å². The SMILES string of the molecule is Cc1cc(Oc2cccc3ncccc23)c(CO)cn1. The van der Waals surface area contributed by atoms with E-state index < -0.39 is 0 Å². The van der Waals surface area contributed by atoms with Gasteiger partial charge in [-0.15, -0.1) is 0 Å². The van der Waals surface area contributed by atoms with Gasteiger partial charge in [-0.2, -0.15) is 0 Å². The van der Waals surface area contributed by atoms with E-state index >= 15 is 0 Å². The van der Waals surface area contributed by atoms with Crippen LogP contribution in [-0.2, 0) is 6.61 Å². The second kappa shape index (κ2) is 5.27. The van der Waals surface area contributed by atoms with Crippen molar-refractivity contribution in [1.82, 2.24) is 9.97 Å². The minimum absolute atomic E-state index is 0.106. The van der Waals surface area contributed by atoms with Crippen LogP contribution < -0.4 is 4.74 Å². The fourth-order valence-corrected chi connectivity index (χ4v) is 2.06. The van der Waals surface area contributed by atoms with Crippen LogP contribution in [0, 0.1) is 6.92 Å². The summed E-state index contributed by atoms with van der Waals surface area (Å²) in [5.41, 5.74) is 2.38. The number of hydrogen-bond acceptors (Lipinski definition) is 4. The molecule has 0 radical (unpaired) electrons. The molecule has 0 aliphatic heterocycles. The highest BCUT2D eigenvalue weighted by Crippen LogP contribution is 2.30. The van der Waals surface area contributed by atoms with Gasteiger partial charge in [-0.3, -0.25) is 9.97 Å². The minimum atomic E-state index is -0.106. The first-order valence-corrected chi connectivity index (χ1v) is 6.36. The maximum Gasteiger partial charge on any atom is 0.136 e. The van der Waals surface area contributed by atoms with Crippen LogP contribution in [0.5, 0.6) is 11.5 Å². The van der Waals surface area contributed by atoms with Crippen molar-refractivity contribution in [3.63, 3.8) is 0 Å². The normalized spacial score (nSPS) is 10.7. The Labute approximate surface area is 116 Å². The zero-order chi connectivity index (χ0) is 13.9. The lowest BCUT2D eigenvalue weighted by Gasteiger charge is -2.12. The van der Waals surface area contributed by atoms with E-state index in [2.05, 4.69) is 9.97 Å². The summed E-state index contributed by atoms with van der Waals surface area (Å²) in [5, 5.41) is 10.3. The van der Waals surface area contributed by atoms with E-state index in [1.54, 1.807) is 12.4 Å². The third-order valence-corrected chi connectivity index (χ3v) is 3.08. The standard InChI is InChI=1S/C16H14N2O2/c1-11-8-16(12(10-19)9-18-11)20-15-6-2-5-14-13(15)4-3-7-17-14/h2-9,19H,10H2,1H3. The highest BCUT2D eigenvalue weighted by molar-refractivity contribution is 5.85. The van der Waals surface area contributed by atoms with Crippen LogP contribution in [-0.4, -0.2) is 15.1 Å². The predicted molar refractivity (Wildman–Crippen MR) is 76.7 cm³/mol. The van der Waals surface area contributed by atoms with Gasteiger partial charge in [0, 0.05) is 35.1 Å². The third-order valence-electron chi connectivity index (χ3n) is 3.08. The number of hydrogen-bond donors (Lipinski definition) is 1. The van der Waals surface area contributed by atoms with Crippen LogP contribution in [0.25, 0.3) is 10.9 Å². The number of aromatic nitrogens is 2. The van der Waals surface area contributed by atoms with E-state index in [9.17, 15) is 5.11 Å². The Morgan fingerprint density at radius 1 is 1.10 bits per heavy atom. The van der Waals surface area contributed by atoms with Crippen molar-refractivity contribution in [2.45, 2.75) is 13.5 Å². The molecule has 4 nitrogen and oxygen atoms in total. The molecule has 0 spiro atoms. The summed E-state index contributed by atoms with van der Waals surface area (Å²) in [7, 11) is 0. The molecule has 0 unspecified atom stereocenters. The van der Waals surface area contributed by atoms with Gasteiger partial charge in [0.2, 0.25) is 0 Å². The van der Waals surface area contributed by atoms with Crippen LogP contribution in [0.1, 0.15) is 11.3 Å². The summed E-state index contributed by atoms with van der Waals surface area (Å²) in [6, 6.07) is 11.4. The van der Waals surface area contributed by atoms with E-state index in [1.807, 2.05) is 43.3 Å². The Bertz CT molecular complexity index is 751. The molecule has 3 aromatic rings. The van der Waals surface area contributed by atoms with Gasteiger partial charge in [-0.1, -0.05) is 6.07 Å². The van der Waals surface area contributed by atoms with Crippen molar-refractivity contribution in [2.24, 2.45) is 0 Å². The van der Waals surface area contributed by atoms with Crippen molar-refractivity contribution in [2.75, 3.05) is 0 Å². The van der Waals surface area contributed by atoms with Gasteiger partial charge < -0.3 is 9.84 Å². The molecule has 100 valence electrons. The van der Waals surface area contributed by atoms with Gasteiger partial charge >= 0.3 is 0 Å². The zero-order valence-corrected chi connectivity index (χ0v) is 11.1. The van der Waals surface area contributed by atoms with Gasteiger partial charge in [-0.25, -0.2) is 0 Å². The summed E-state index contributed by atoms with van der Waals surface area (Å²) in [5.74, 6) is 1.34. The Kier molecular flexibility index (Phi) is 3.31. The first kappa shape index (κ1) is 12.6. The van der Waals surface area contributed by atoms with E-state index in [0.717, 1.165) is 22.3 Å². The summed E-state index contributed by atoms with van der Waals surface area (Å²) < 4.78 is 5.95. The van der Waals surface area contributed by atoms with Crippen molar-refractivity contribution < 1.29 is 9.84 Å². The van der Waals surface area contributed by atoms with Gasteiger partial charge in [-0.05, 0) is 31.2 Å². The lowest BCUT2D eigenvalue weighted by molar-refractivity contribution is 0.276. The monoisotopic (exact) mass is 266 g/mol. The lowest BCUT2D eigenvalue weighted by atomic mass is 10.2. The summed E-state index contributed by atoms with van der Waals surface area (Å²) in [4.78, 5) is 8.46. The third kappa shape index (κ3) is 2.33. The fourth-order valence-electron chi connectivity index (χ4n) is 2.06. The number of benzene rings is 1. The largest absolute Gasteiger partial charge is 0.456 e. The molecule has 0 amide bonds. The summed E-state index contributed by atoms with van der Waals surface area (Å²) >= 11 is 0. The van der Waals surface area contributed by atoms with Crippen molar-refractivity contribution >= 4 is 10.9 Å². The number of pyridine rings is 2. The molecule has 1 N–H and O–H groups in total. The predicted octanol–water partition coefficient (Wildman–Crippen LogP) is 3.22. The summed E-state index contributed by atoms with van der Waals surface area (Å²) in [6.07, 6.45) is 3.38. The maximum absolute atomic E-state index is 9.37. The van der Waals surface area contributed by atoms with Crippen molar-refractivity contribution in [1.29, 1.82) is 0 Å². The molecule has 0 saturated carbocycles. The molecular weight excluding hydrogens is 252 g/mol. The second-order valence-corrected chi connectivity index (χ2v) is 4.52. The number of aryl methyl sites for hydroxylation is 1. The van der Waals surface area contributed by atoms with E-state index in [-0.39, 0.29) is 6.61 Å². The van der Waals surface area contributed by atoms with Crippen LogP contribution in [0.4, 0.5) is 0 Å². The van der Waals surface area contributed by atoms with E-state index in [1.165, 1.54) is 0 Å². The fraction of sp³-hybridized carbons (Fsp3) is 0.125. The number of rotatable bonds is 3. The molecule has 1 aromatic carbocycles. The van der Waals surface area contributed by atoms with Gasteiger partial charge in [0.05, 0.1) is 12.1 Å². The summed E-state index contributed by atoms with van der Waals surface area (Å²) in [6.45, 7) is 1.78. The number of fused-ring (bicyclic) bond motifs is 1. The number of aliphatic hydroxyl groups excluding tert-OH is 1. The molecule has 2 aromatic heterocycles. The Balaban J connectivity index is 2.07. The highest BCUT2D eigenvalue weighted by Gasteiger charge is 2.08. The molecule has 0 bridgehead atoms. The molecule has 20 heavy (non-hydrogen) atoms. The van der Waals surface area contributed by atoms with Crippen LogP contribution in [0.2, 0.25) is 0 Å². The maximum atomic E-state index is 9.37. The molecule has 2 heterocycles. The molecule has 0 aliphatic rings. The second-order valence-electron chi connectivity index (χ2n) is 4.52. The molecule has 4 heteroatoms. The molecule has 3 rings (SSSR count). The highest BCUT2D eigenvalue weighted by atomic mass is 16.5. The quantitative estimate of drug-likeness (QED) is 0.790. The Morgan fingerprint density at radius 3 is 2.85 bits per heavy atom. The molecule has 0 saturated heterocycles. The first-order valence-electron chi connectivity index (χ1n) is 6.36. The Hall–Kier alpha value is -2.46. The number of nitrogens with zero attached hydrogens (tertiary/aromatic N) is 2. The van der Waals surface area contributed by atoms with Crippen molar-refractivity contribution in [3.05, 3.63) is 60.0 Å². The van der Waals surface area contributed by atoms with E-state index in [4.69, 9.17) is 4.74 Å². The smallest absolute Gasteiger partial charge is 0.136 e. The first-order chi connectivity index (χ1) is 9.78.